The lowest BCUT2D eigenvalue weighted by atomic mass is 10.3. The van der Waals surface area contributed by atoms with E-state index in [0.717, 1.165) is 0 Å². The molecular weight excluding hydrogens is 224 g/mol. The molecule has 0 aliphatic rings. The number of phenolic OH excluding ortho intramolecular Hbond substituents is 1. The second kappa shape index (κ2) is 3.14. The van der Waals surface area contributed by atoms with E-state index in [9.17, 15) is 14.7 Å². The molecule has 0 radical (unpaired) electrons. The molecule has 3 N–H and O–H groups in total. The summed E-state index contributed by atoms with van der Waals surface area (Å²) in [5, 5.41) is 9.30. The number of phenols is 1. The van der Waals surface area contributed by atoms with Gasteiger partial charge in [-0.1, -0.05) is 0 Å². The van der Waals surface area contributed by atoms with E-state index in [0.29, 0.717) is 11.0 Å². The molecule has 0 spiro atoms. The highest BCUT2D eigenvalue weighted by atomic mass is 16.3. The van der Waals surface area contributed by atoms with Crippen molar-refractivity contribution in [1.82, 2.24) is 19.9 Å². The zero-order valence-corrected chi connectivity index (χ0v) is 8.39. The zero-order valence-electron chi connectivity index (χ0n) is 8.39. The van der Waals surface area contributed by atoms with Crippen LogP contribution in [-0.2, 0) is 0 Å². The van der Waals surface area contributed by atoms with E-state index in [4.69, 9.17) is 0 Å². The molecule has 3 rings (SSSR count). The molecule has 0 atom stereocenters. The van der Waals surface area contributed by atoms with Gasteiger partial charge in [0.2, 0.25) is 0 Å². The van der Waals surface area contributed by atoms with Crippen LogP contribution in [0, 0.1) is 0 Å². The molecule has 17 heavy (non-hydrogen) atoms. The molecule has 0 aliphatic heterocycles. The quantitative estimate of drug-likeness (QED) is 0.465. The number of fused-ring (bicyclic) bond motifs is 2. The fourth-order valence-electron chi connectivity index (χ4n) is 1.59. The number of H-pyrrole nitrogens is 2. The third-order valence-corrected chi connectivity index (χ3v) is 2.32. The molecular formula is C10H6N4O3. The normalized spacial score (nSPS) is 11.1. The van der Waals surface area contributed by atoms with Gasteiger partial charge >= 0.3 is 5.69 Å². The Labute approximate surface area is 92.8 Å². The maximum Gasteiger partial charge on any atom is 0.327 e. The number of rotatable bonds is 0. The molecule has 84 valence electrons. The number of nitrogens with one attached hydrogen (secondary N) is 2. The number of hydrogen-bond donors (Lipinski definition) is 3. The maximum absolute atomic E-state index is 11.5. The molecule has 0 fully saturated rings. The van der Waals surface area contributed by atoms with Crippen LogP contribution in [0.25, 0.3) is 22.2 Å². The van der Waals surface area contributed by atoms with Crippen LogP contribution in [0.2, 0.25) is 0 Å². The van der Waals surface area contributed by atoms with Gasteiger partial charge in [-0.05, 0) is 12.1 Å². The van der Waals surface area contributed by atoms with Gasteiger partial charge in [0.05, 0.1) is 11.0 Å². The van der Waals surface area contributed by atoms with Gasteiger partial charge in [0.1, 0.15) is 5.75 Å². The Morgan fingerprint density at radius 1 is 1.06 bits per heavy atom. The molecule has 7 nitrogen and oxygen atoms in total. The van der Waals surface area contributed by atoms with Gasteiger partial charge in [-0.15, -0.1) is 0 Å². The first-order chi connectivity index (χ1) is 8.13. The summed E-state index contributed by atoms with van der Waals surface area (Å²) in [4.78, 5) is 35.1. The van der Waals surface area contributed by atoms with E-state index in [-0.39, 0.29) is 16.9 Å². The first kappa shape index (κ1) is 9.52. The highest BCUT2D eigenvalue weighted by Crippen LogP contribution is 2.17. The van der Waals surface area contributed by atoms with Crippen LogP contribution in [0.3, 0.4) is 0 Å². The van der Waals surface area contributed by atoms with Gasteiger partial charge < -0.3 is 5.11 Å². The van der Waals surface area contributed by atoms with Crippen molar-refractivity contribution in [3.05, 3.63) is 39.0 Å². The Bertz CT molecular complexity index is 849. The monoisotopic (exact) mass is 230 g/mol. The predicted octanol–water partition coefficient (Wildman–Crippen LogP) is -0.135. The van der Waals surface area contributed by atoms with E-state index in [2.05, 4.69) is 19.9 Å². The van der Waals surface area contributed by atoms with Crippen LogP contribution in [0.15, 0.2) is 27.8 Å². The second-order valence-electron chi connectivity index (χ2n) is 3.50. The van der Waals surface area contributed by atoms with Gasteiger partial charge in [-0.25, -0.2) is 14.8 Å². The summed E-state index contributed by atoms with van der Waals surface area (Å²) in [6, 6.07) is 4.39. The summed E-state index contributed by atoms with van der Waals surface area (Å²) in [5.74, 6) is 0.0401. The molecule has 0 amide bonds. The summed E-state index contributed by atoms with van der Waals surface area (Å²) >= 11 is 0. The molecule has 7 heteroatoms. The Morgan fingerprint density at radius 3 is 2.71 bits per heavy atom. The number of hydrogen-bond acceptors (Lipinski definition) is 5. The average Bonchev–Trinajstić information content (AvgIpc) is 2.26. The Balaban J connectivity index is 2.56. The smallest absolute Gasteiger partial charge is 0.327 e. The largest absolute Gasteiger partial charge is 0.508 e. The minimum Gasteiger partial charge on any atom is -0.508 e. The van der Waals surface area contributed by atoms with E-state index < -0.39 is 11.2 Å². The van der Waals surface area contributed by atoms with Crippen LogP contribution in [-0.4, -0.2) is 25.0 Å². The van der Waals surface area contributed by atoms with Crippen molar-refractivity contribution in [3.8, 4) is 5.75 Å². The highest BCUT2D eigenvalue weighted by Gasteiger charge is 2.06. The standard InChI is InChI=1S/C10H6N4O3/c15-4-1-2-5-6(3-4)12-8-7(11-5)9(16)14-10(17)13-8/h1-3,15H,(H2,12,13,14,16,17). The van der Waals surface area contributed by atoms with E-state index >= 15 is 0 Å². The minimum absolute atomic E-state index is 0.0401. The topological polar surface area (TPSA) is 112 Å². The first-order valence-corrected chi connectivity index (χ1v) is 4.76. The molecule has 0 bridgehead atoms. The average molecular weight is 230 g/mol. The van der Waals surface area contributed by atoms with Gasteiger partial charge in [-0.3, -0.25) is 14.8 Å². The van der Waals surface area contributed by atoms with E-state index in [1.165, 1.54) is 12.1 Å². The number of aromatic hydroxyl groups is 1. The van der Waals surface area contributed by atoms with Crippen molar-refractivity contribution in [3.63, 3.8) is 0 Å². The molecule has 0 saturated heterocycles. The number of benzene rings is 1. The fourth-order valence-corrected chi connectivity index (χ4v) is 1.59. The van der Waals surface area contributed by atoms with Crippen LogP contribution in [0.5, 0.6) is 5.75 Å². The van der Waals surface area contributed by atoms with Crippen LogP contribution >= 0.6 is 0 Å². The summed E-state index contributed by atoms with van der Waals surface area (Å²) < 4.78 is 0. The molecule has 0 saturated carbocycles. The van der Waals surface area contributed by atoms with E-state index in [1.807, 2.05) is 0 Å². The lowest BCUT2D eigenvalue weighted by Crippen LogP contribution is -2.23. The zero-order chi connectivity index (χ0) is 12.0. The maximum atomic E-state index is 11.5. The van der Waals surface area contributed by atoms with Crippen molar-refractivity contribution in [2.45, 2.75) is 0 Å². The van der Waals surface area contributed by atoms with Gasteiger partial charge in [0.15, 0.2) is 11.2 Å². The van der Waals surface area contributed by atoms with Gasteiger partial charge in [0.25, 0.3) is 5.56 Å². The molecule has 0 aliphatic carbocycles. The van der Waals surface area contributed by atoms with Gasteiger partial charge in [-0.2, -0.15) is 0 Å². The SMILES string of the molecule is O=c1[nH]c(=O)c2nc3ccc(O)cc3nc2[nH]1. The third kappa shape index (κ3) is 1.44. The molecule has 1 aromatic carbocycles. The predicted molar refractivity (Wildman–Crippen MR) is 60.0 cm³/mol. The summed E-state index contributed by atoms with van der Waals surface area (Å²) in [5.41, 5.74) is -0.214. The molecule has 3 aromatic rings. The van der Waals surface area contributed by atoms with Crippen LogP contribution < -0.4 is 11.2 Å². The number of aromatic amines is 2. The Hall–Kier alpha value is -2.70. The molecule has 2 heterocycles. The van der Waals surface area contributed by atoms with Crippen molar-refractivity contribution >= 4 is 22.2 Å². The minimum atomic E-state index is -0.642. The van der Waals surface area contributed by atoms with E-state index in [1.54, 1.807) is 6.07 Å². The molecule has 2 aromatic heterocycles. The summed E-state index contributed by atoms with van der Waals surface area (Å²) in [6.07, 6.45) is 0. The Morgan fingerprint density at radius 2 is 1.88 bits per heavy atom. The highest BCUT2D eigenvalue weighted by molar-refractivity contribution is 5.84. The molecule has 0 unspecified atom stereocenters. The van der Waals surface area contributed by atoms with Crippen LogP contribution in [0.4, 0.5) is 0 Å². The van der Waals surface area contributed by atoms with Crippen molar-refractivity contribution in [2.75, 3.05) is 0 Å². The van der Waals surface area contributed by atoms with Gasteiger partial charge in [0, 0.05) is 6.07 Å². The lowest BCUT2D eigenvalue weighted by molar-refractivity contribution is 0.476. The second-order valence-corrected chi connectivity index (χ2v) is 3.50. The van der Waals surface area contributed by atoms with Crippen molar-refractivity contribution < 1.29 is 5.11 Å². The van der Waals surface area contributed by atoms with Crippen LogP contribution in [0.1, 0.15) is 0 Å². The fraction of sp³-hybridized carbons (Fsp3) is 0. The Kier molecular flexibility index (Phi) is 1.76. The first-order valence-electron chi connectivity index (χ1n) is 4.76. The third-order valence-electron chi connectivity index (χ3n) is 2.32. The number of aromatic nitrogens is 4. The number of nitrogens with zero attached hydrogens (tertiary/aromatic N) is 2. The summed E-state index contributed by atoms with van der Waals surface area (Å²) in [7, 11) is 0. The van der Waals surface area contributed by atoms with Crippen molar-refractivity contribution in [2.24, 2.45) is 0 Å². The summed E-state index contributed by atoms with van der Waals surface area (Å²) in [6.45, 7) is 0. The van der Waals surface area contributed by atoms with Crippen molar-refractivity contribution in [1.29, 1.82) is 0 Å². The lowest BCUT2D eigenvalue weighted by Gasteiger charge is -1.99.